The molecular formula is C15H16ClNO5. The van der Waals surface area contributed by atoms with Crippen molar-refractivity contribution in [3.8, 4) is 5.75 Å². The molecule has 0 aliphatic heterocycles. The fourth-order valence-electron chi connectivity index (χ4n) is 1.62. The molecule has 0 fully saturated rings. The number of carboxylic acids is 2. The number of nitrogens with one attached hydrogen (secondary N) is 1. The van der Waals surface area contributed by atoms with E-state index in [9.17, 15) is 0 Å². The first-order chi connectivity index (χ1) is 10.5. The molecule has 0 aromatic heterocycles. The Bertz CT molecular complexity index is 647. The molecule has 2 rings (SSSR count). The first-order valence-corrected chi connectivity index (χ1v) is 6.76. The van der Waals surface area contributed by atoms with E-state index in [1.807, 2.05) is 37.4 Å². The quantitative estimate of drug-likeness (QED) is 0.589. The van der Waals surface area contributed by atoms with E-state index in [4.69, 9.17) is 36.1 Å². The number of likely N-dealkylation sites (N-methyl/N-ethyl adjacent to an activating group) is 1. The summed E-state index contributed by atoms with van der Waals surface area (Å²) in [6.07, 6.45) is 0. The molecule has 0 saturated carbocycles. The van der Waals surface area contributed by atoms with Crippen LogP contribution in [0.5, 0.6) is 5.75 Å². The molecule has 2 aromatic carbocycles. The summed E-state index contributed by atoms with van der Waals surface area (Å²) < 4.78 is 5.70. The molecule has 0 amide bonds. The number of carbonyl (C=O) groups is 2. The minimum absolute atomic E-state index is 0.615. The van der Waals surface area contributed by atoms with Crippen LogP contribution < -0.4 is 10.1 Å². The number of aliphatic carboxylic acids is 2. The zero-order valence-corrected chi connectivity index (χ0v) is 12.6. The average molecular weight is 326 g/mol. The zero-order chi connectivity index (χ0) is 16.5. The molecular weight excluding hydrogens is 310 g/mol. The van der Waals surface area contributed by atoms with Crippen LogP contribution in [0, 0.1) is 0 Å². The van der Waals surface area contributed by atoms with Gasteiger partial charge in [0.2, 0.25) is 0 Å². The van der Waals surface area contributed by atoms with E-state index < -0.39 is 11.9 Å². The van der Waals surface area contributed by atoms with Crippen LogP contribution >= 0.6 is 11.6 Å². The van der Waals surface area contributed by atoms with Gasteiger partial charge in [0.05, 0.1) is 5.02 Å². The van der Waals surface area contributed by atoms with E-state index in [-0.39, 0.29) is 0 Å². The van der Waals surface area contributed by atoms with E-state index in [0.29, 0.717) is 11.6 Å². The molecule has 2 aromatic rings. The molecule has 0 spiro atoms. The third-order valence-electron chi connectivity index (χ3n) is 2.61. The van der Waals surface area contributed by atoms with Gasteiger partial charge in [0, 0.05) is 11.9 Å². The van der Waals surface area contributed by atoms with Crippen molar-refractivity contribution in [3.63, 3.8) is 0 Å². The van der Waals surface area contributed by atoms with Gasteiger partial charge < -0.3 is 20.3 Å². The second kappa shape index (κ2) is 8.86. The van der Waals surface area contributed by atoms with Crippen LogP contribution in [0.1, 0.15) is 0 Å². The van der Waals surface area contributed by atoms with Crippen molar-refractivity contribution in [3.05, 3.63) is 41.4 Å². The Morgan fingerprint density at radius 3 is 2.36 bits per heavy atom. The second-order valence-electron chi connectivity index (χ2n) is 4.16. The molecule has 0 heterocycles. The lowest BCUT2D eigenvalue weighted by Crippen LogP contribution is -2.16. The summed E-state index contributed by atoms with van der Waals surface area (Å²) in [5.74, 6) is -2.87. The summed E-state index contributed by atoms with van der Waals surface area (Å²) in [6, 6.07) is 11.9. The maximum Gasteiger partial charge on any atom is 0.414 e. The normalized spacial score (nSPS) is 9.73. The zero-order valence-electron chi connectivity index (χ0n) is 11.9. The van der Waals surface area contributed by atoms with Crippen molar-refractivity contribution >= 4 is 34.3 Å². The molecule has 0 aliphatic carbocycles. The van der Waals surface area contributed by atoms with Gasteiger partial charge in [0.15, 0.2) is 0 Å². The molecule has 0 aliphatic rings. The van der Waals surface area contributed by atoms with Gasteiger partial charge in [-0.2, -0.15) is 0 Å². The maximum atomic E-state index is 9.10. The molecule has 0 unspecified atom stereocenters. The SMILES string of the molecule is CNCCOc1c(Cl)ccc2ccccc12.O=C(O)C(=O)O. The van der Waals surface area contributed by atoms with Crippen LogP contribution in [0.2, 0.25) is 5.02 Å². The van der Waals surface area contributed by atoms with Gasteiger partial charge >= 0.3 is 11.9 Å². The highest BCUT2D eigenvalue weighted by molar-refractivity contribution is 6.33. The lowest BCUT2D eigenvalue weighted by molar-refractivity contribution is -0.159. The van der Waals surface area contributed by atoms with E-state index in [1.54, 1.807) is 0 Å². The standard InChI is InChI=1S/C13H14ClNO.C2H2O4/c1-15-8-9-16-13-11-5-3-2-4-10(11)6-7-12(13)14;3-1(4)2(5)6/h2-7,15H,8-9H2,1H3;(H,3,4)(H,5,6). The minimum atomic E-state index is -1.82. The number of rotatable bonds is 4. The lowest BCUT2D eigenvalue weighted by Gasteiger charge is -2.10. The van der Waals surface area contributed by atoms with Crippen LogP contribution in [0.15, 0.2) is 36.4 Å². The van der Waals surface area contributed by atoms with Gasteiger partial charge in [-0.05, 0) is 18.5 Å². The molecule has 0 saturated heterocycles. The van der Waals surface area contributed by atoms with E-state index >= 15 is 0 Å². The number of benzene rings is 2. The molecule has 0 radical (unpaired) electrons. The van der Waals surface area contributed by atoms with Gasteiger partial charge in [0.1, 0.15) is 12.4 Å². The number of ether oxygens (including phenoxy) is 1. The Morgan fingerprint density at radius 2 is 1.77 bits per heavy atom. The summed E-state index contributed by atoms with van der Waals surface area (Å²) >= 11 is 6.14. The topological polar surface area (TPSA) is 95.9 Å². The summed E-state index contributed by atoms with van der Waals surface area (Å²) in [4.78, 5) is 18.2. The summed E-state index contributed by atoms with van der Waals surface area (Å²) in [6.45, 7) is 1.42. The van der Waals surface area contributed by atoms with Gasteiger partial charge in [-0.15, -0.1) is 0 Å². The molecule has 6 nitrogen and oxygen atoms in total. The minimum Gasteiger partial charge on any atom is -0.490 e. The van der Waals surface area contributed by atoms with E-state index in [1.165, 1.54) is 0 Å². The predicted octanol–water partition coefficient (Wildman–Crippen LogP) is 2.25. The van der Waals surface area contributed by atoms with Crippen LogP contribution in [-0.2, 0) is 9.59 Å². The smallest absolute Gasteiger partial charge is 0.414 e. The summed E-state index contributed by atoms with van der Waals surface area (Å²) in [5.41, 5.74) is 0. The lowest BCUT2D eigenvalue weighted by atomic mass is 10.1. The van der Waals surface area contributed by atoms with Crippen molar-refractivity contribution in [2.24, 2.45) is 0 Å². The fraction of sp³-hybridized carbons (Fsp3) is 0.200. The second-order valence-corrected chi connectivity index (χ2v) is 4.57. The van der Waals surface area contributed by atoms with Crippen molar-refractivity contribution < 1.29 is 24.5 Å². The van der Waals surface area contributed by atoms with Gasteiger partial charge in [-0.1, -0.05) is 41.9 Å². The number of hydrogen-bond acceptors (Lipinski definition) is 4. The van der Waals surface area contributed by atoms with Crippen LogP contribution in [0.4, 0.5) is 0 Å². The Kier molecular flexibility index (Phi) is 7.15. The fourth-order valence-corrected chi connectivity index (χ4v) is 1.84. The summed E-state index contributed by atoms with van der Waals surface area (Å²) in [5, 5.41) is 20.7. The Labute approximate surface area is 132 Å². The molecule has 0 bridgehead atoms. The highest BCUT2D eigenvalue weighted by Gasteiger charge is 2.06. The molecule has 22 heavy (non-hydrogen) atoms. The van der Waals surface area contributed by atoms with Crippen LogP contribution in [0.3, 0.4) is 0 Å². The molecule has 7 heteroatoms. The average Bonchev–Trinajstić information content (AvgIpc) is 2.50. The largest absolute Gasteiger partial charge is 0.490 e. The Balaban J connectivity index is 0.000000346. The highest BCUT2D eigenvalue weighted by Crippen LogP contribution is 2.33. The number of halogens is 1. The van der Waals surface area contributed by atoms with Crippen molar-refractivity contribution in [2.75, 3.05) is 20.2 Å². The van der Waals surface area contributed by atoms with E-state index in [0.717, 1.165) is 23.1 Å². The maximum absolute atomic E-state index is 9.10. The van der Waals surface area contributed by atoms with Gasteiger partial charge in [-0.3, -0.25) is 0 Å². The third-order valence-corrected chi connectivity index (χ3v) is 2.91. The highest BCUT2D eigenvalue weighted by atomic mass is 35.5. The summed E-state index contributed by atoms with van der Waals surface area (Å²) in [7, 11) is 1.90. The Morgan fingerprint density at radius 1 is 1.14 bits per heavy atom. The third kappa shape index (κ3) is 5.23. The van der Waals surface area contributed by atoms with Crippen molar-refractivity contribution in [1.82, 2.24) is 5.32 Å². The van der Waals surface area contributed by atoms with Crippen LogP contribution in [-0.4, -0.2) is 42.4 Å². The first-order valence-electron chi connectivity index (χ1n) is 6.38. The van der Waals surface area contributed by atoms with Crippen LogP contribution in [0.25, 0.3) is 10.8 Å². The van der Waals surface area contributed by atoms with E-state index in [2.05, 4.69) is 11.4 Å². The van der Waals surface area contributed by atoms with Crippen molar-refractivity contribution in [2.45, 2.75) is 0 Å². The number of fused-ring (bicyclic) bond motifs is 1. The molecule has 0 atom stereocenters. The Hall–Kier alpha value is -2.31. The number of hydrogen-bond donors (Lipinski definition) is 3. The van der Waals surface area contributed by atoms with Crippen molar-refractivity contribution in [1.29, 1.82) is 0 Å². The van der Waals surface area contributed by atoms with Gasteiger partial charge in [-0.25, -0.2) is 9.59 Å². The first kappa shape index (κ1) is 17.7. The predicted molar refractivity (Wildman–Crippen MR) is 83.7 cm³/mol. The van der Waals surface area contributed by atoms with Gasteiger partial charge in [0.25, 0.3) is 0 Å². The molecule has 118 valence electrons. The molecule has 3 N–H and O–H groups in total. The monoisotopic (exact) mass is 325 g/mol. The number of carboxylic acid groups (broad SMARTS) is 2.